The smallest absolute Gasteiger partial charge is 0.162 e. The molecule has 0 aliphatic rings. The molecule has 2 heterocycles. The van der Waals surface area contributed by atoms with Crippen LogP contribution in [0, 0.1) is 0 Å². The van der Waals surface area contributed by atoms with E-state index in [9.17, 15) is 0 Å². The Morgan fingerprint density at radius 1 is 1.44 bits per heavy atom. The van der Waals surface area contributed by atoms with Crippen molar-refractivity contribution in [2.75, 3.05) is 0 Å². The highest BCUT2D eigenvalue weighted by atomic mass is 79.9. The van der Waals surface area contributed by atoms with Crippen LogP contribution in [0.4, 0.5) is 0 Å². The van der Waals surface area contributed by atoms with Gasteiger partial charge in [0.1, 0.15) is 0 Å². The summed E-state index contributed by atoms with van der Waals surface area (Å²) < 4.78 is 0.914. The molecule has 0 bridgehead atoms. The number of nitrogens with zero attached hydrogens (tertiary/aromatic N) is 2. The molecule has 9 heavy (non-hydrogen) atoms. The molecule has 2 rings (SSSR count). The van der Waals surface area contributed by atoms with Gasteiger partial charge in [-0.05, 0) is 15.9 Å². The molecule has 2 aromatic rings. The SMILES string of the molecule is Brc1nc2scnc2s1. The summed E-state index contributed by atoms with van der Waals surface area (Å²) in [5.41, 5.74) is 1.81. The molecule has 0 atom stereocenters. The molecular formula is C4HBrN2S2. The first-order chi connectivity index (χ1) is 4.36. The van der Waals surface area contributed by atoms with Crippen LogP contribution in [0.25, 0.3) is 9.66 Å². The Labute approximate surface area is 67.7 Å². The second-order valence-corrected chi connectivity index (χ2v) is 4.52. The van der Waals surface area contributed by atoms with Gasteiger partial charge in [-0.15, -0.1) is 11.3 Å². The topological polar surface area (TPSA) is 25.8 Å². The Balaban J connectivity index is 2.92. The number of fused-ring (bicyclic) bond motifs is 1. The van der Waals surface area contributed by atoms with E-state index in [-0.39, 0.29) is 0 Å². The van der Waals surface area contributed by atoms with Gasteiger partial charge in [0, 0.05) is 0 Å². The number of rotatable bonds is 0. The predicted molar refractivity (Wildman–Crippen MR) is 43.0 cm³/mol. The van der Waals surface area contributed by atoms with Gasteiger partial charge < -0.3 is 0 Å². The lowest BCUT2D eigenvalue weighted by Gasteiger charge is -1.65. The summed E-state index contributed by atoms with van der Waals surface area (Å²) in [7, 11) is 0. The standard InChI is InChI=1S/C4HBrN2S2/c5-4-7-3-2(9-4)6-1-8-3/h1H. The molecule has 2 aromatic heterocycles. The maximum Gasteiger partial charge on any atom is 0.162 e. The molecule has 46 valence electrons. The minimum atomic E-state index is 0.914. The minimum absolute atomic E-state index is 0.914. The largest absolute Gasteiger partial charge is 0.232 e. The van der Waals surface area contributed by atoms with Crippen molar-refractivity contribution in [3.63, 3.8) is 0 Å². The molecule has 5 heteroatoms. The number of thiazole rings is 2. The highest BCUT2D eigenvalue weighted by Gasteiger charge is 2.01. The van der Waals surface area contributed by atoms with Gasteiger partial charge in [-0.1, -0.05) is 11.3 Å². The van der Waals surface area contributed by atoms with Crippen LogP contribution in [0.2, 0.25) is 0 Å². The Morgan fingerprint density at radius 2 is 2.33 bits per heavy atom. The van der Waals surface area contributed by atoms with Gasteiger partial charge in [0.2, 0.25) is 0 Å². The summed E-state index contributed by atoms with van der Waals surface area (Å²) in [5.74, 6) is 0. The lowest BCUT2D eigenvalue weighted by molar-refractivity contribution is 1.47. The summed E-state index contributed by atoms with van der Waals surface area (Å²) in [4.78, 5) is 10.3. The van der Waals surface area contributed by atoms with Gasteiger partial charge in [0.15, 0.2) is 13.6 Å². The van der Waals surface area contributed by atoms with E-state index in [1.165, 1.54) is 0 Å². The third-order valence-electron chi connectivity index (χ3n) is 0.888. The zero-order chi connectivity index (χ0) is 6.27. The third-order valence-corrected chi connectivity index (χ3v) is 3.15. The first-order valence-corrected chi connectivity index (χ1v) is 4.71. The van der Waals surface area contributed by atoms with Gasteiger partial charge >= 0.3 is 0 Å². The van der Waals surface area contributed by atoms with Crippen molar-refractivity contribution >= 4 is 48.3 Å². The molecule has 0 aromatic carbocycles. The molecule has 0 aliphatic heterocycles. The summed E-state index contributed by atoms with van der Waals surface area (Å²) in [5, 5.41) is 0. The van der Waals surface area contributed by atoms with Crippen molar-refractivity contribution in [3.05, 3.63) is 9.43 Å². The van der Waals surface area contributed by atoms with E-state index in [0.717, 1.165) is 13.6 Å². The lowest BCUT2D eigenvalue weighted by atomic mass is 10.9. The first kappa shape index (κ1) is 5.76. The van der Waals surface area contributed by atoms with Crippen molar-refractivity contribution in [2.45, 2.75) is 0 Å². The molecule has 0 spiro atoms. The van der Waals surface area contributed by atoms with E-state index in [4.69, 9.17) is 0 Å². The zero-order valence-corrected chi connectivity index (χ0v) is 7.39. The highest BCUT2D eigenvalue weighted by molar-refractivity contribution is 9.11. The molecule has 0 N–H and O–H groups in total. The second kappa shape index (κ2) is 2.00. The molecule has 0 fully saturated rings. The maximum absolute atomic E-state index is 4.16. The van der Waals surface area contributed by atoms with Gasteiger partial charge in [-0.25, -0.2) is 9.97 Å². The average molecular weight is 221 g/mol. The monoisotopic (exact) mass is 220 g/mol. The molecule has 2 nitrogen and oxygen atoms in total. The van der Waals surface area contributed by atoms with E-state index in [2.05, 4.69) is 25.9 Å². The van der Waals surface area contributed by atoms with Crippen LogP contribution in [0.15, 0.2) is 9.43 Å². The first-order valence-electron chi connectivity index (χ1n) is 2.22. The van der Waals surface area contributed by atoms with E-state index < -0.39 is 0 Å². The van der Waals surface area contributed by atoms with Crippen molar-refractivity contribution < 1.29 is 0 Å². The van der Waals surface area contributed by atoms with Crippen molar-refractivity contribution in [1.29, 1.82) is 0 Å². The molecule has 0 saturated heterocycles. The van der Waals surface area contributed by atoms with Crippen molar-refractivity contribution in [3.8, 4) is 0 Å². The Kier molecular flexibility index (Phi) is 1.28. The van der Waals surface area contributed by atoms with Gasteiger partial charge in [-0.3, -0.25) is 0 Å². The summed E-state index contributed by atoms with van der Waals surface area (Å²) >= 11 is 6.41. The van der Waals surface area contributed by atoms with E-state index >= 15 is 0 Å². The van der Waals surface area contributed by atoms with Gasteiger partial charge in [-0.2, -0.15) is 0 Å². The molecule has 0 saturated carbocycles. The summed E-state index contributed by atoms with van der Waals surface area (Å²) in [6, 6.07) is 0. The van der Waals surface area contributed by atoms with Crippen LogP contribution in [0.5, 0.6) is 0 Å². The van der Waals surface area contributed by atoms with Crippen LogP contribution >= 0.6 is 38.6 Å². The Bertz CT molecular complexity index is 297. The average Bonchev–Trinajstić information content (AvgIpc) is 2.22. The van der Waals surface area contributed by atoms with Gasteiger partial charge in [0.25, 0.3) is 0 Å². The zero-order valence-electron chi connectivity index (χ0n) is 4.17. The lowest BCUT2D eigenvalue weighted by Crippen LogP contribution is -1.52. The van der Waals surface area contributed by atoms with Crippen molar-refractivity contribution in [1.82, 2.24) is 9.97 Å². The van der Waals surface area contributed by atoms with Crippen LogP contribution in [0.3, 0.4) is 0 Å². The predicted octanol–water partition coefficient (Wildman–Crippen LogP) is 2.52. The molecule has 0 aliphatic carbocycles. The van der Waals surface area contributed by atoms with Gasteiger partial charge in [0.05, 0.1) is 5.51 Å². The van der Waals surface area contributed by atoms with Crippen molar-refractivity contribution in [2.24, 2.45) is 0 Å². The number of hydrogen-bond acceptors (Lipinski definition) is 4. The molecule has 0 amide bonds. The highest BCUT2D eigenvalue weighted by Crippen LogP contribution is 2.26. The Morgan fingerprint density at radius 3 is 3.11 bits per heavy atom. The molecule has 0 unspecified atom stereocenters. The van der Waals surface area contributed by atoms with E-state index in [1.54, 1.807) is 28.2 Å². The fraction of sp³-hybridized carbons (Fsp3) is 0. The Hall–Kier alpha value is -0.0000000000000000555. The maximum atomic E-state index is 4.16. The van der Waals surface area contributed by atoms with E-state index in [0.29, 0.717) is 0 Å². The normalized spacial score (nSPS) is 10.8. The van der Waals surface area contributed by atoms with Crippen LogP contribution in [0.1, 0.15) is 0 Å². The third kappa shape index (κ3) is 0.889. The summed E-state index contributed by atoms with van der Waals surface area (Å²) in [6.45, 7) is 0. The minimum Gasteiger partial charge on any atom is -0.232 e. The van der Waals surface area contributed by atoms with E-state index in [1.807, 2.05) is 0 Å². The van der Waals surface area contributed by atoms with Crippen LogP contribution in [-0.4, -0.2) is 9.97 Å². The fourth-order valence-corrected chi connectivity index (χ4v) is 2.80. The molecule has 0 radical (unpaired) electrons. The number of halogens is 1. The fourth-order valence-electron chi connectivity index (χ4n) is 0.556. The molecular weight excluding hydrogens is 220 g/mol. The second-order valence-electron chi connectivity index (χ2n) is 1.43. The summed E-state index contributed by atoms with van der Waals surface area (Å²) in [6.07, 6.45) is 0. The van der Waals surface area contributed by atoms with Crippen LogP contribution < -0.4 is 0 Å². The quantitative estimate of drug-likeness (QED) is 0.683. The number of hydrogen-bond donors (Lipinski definition) is 0. The van der Waals surface area contributed by atoms with Crippen LogP contribution in [-0.2, 0) is 0 Å². The number of aromatic nitrogens is 2.